The van der Waals surface area contributed by atoms with Crippen molar-refractivity contribution in [3.63, 3.8) is 0 Å². The van der Waals surface area contributed by atoms with Crippen LogP contribution in [0.15, 0.2) is 36.7 Å². The molecule has 3 heterocycles. The minimum atomic E-state index is 0.538. The number of rotatable bonds is 3. The van der Waals surface area contributed by atoms with Gasteiger partial charge in [-0.15, -0.1) is 0 Å². The highest BCUT2D eigenvalue weighted by molar-refractivity contribution is 6.33. The number of benzene rings is 1. The lowest BCUT2D eigenvalue weighted by molar-refractivity contribution is 0.255. The molecule has 4 nitrogen and oxygen atoms in total. The molecule has 0 aliphatic carbocycles. The van der Waals surface area contributed by atoms with Crippen LogP contribution in [0.5, 0.6) is 0 Å². The van der Waals surface area contributed by atoms with Crippen LogP contribution < -0.4 is 5.32 Å². The van der Waals surface area contributed by atoms with Gasteiger partial charge in [0, 0.05) is 31.5 Å². The second kappa shape index (κ2) is 5.35. The quantitative estimate of drug-likeness (QED) is 0.946. The first-order valence-electron chi connectivity index (χ1n) is 7.59. The molecular formula is C16H19ClN4. The van der Waals surface area contributed by atoms with Crippen LogP contribution in [-0.2, 0) is 0 Å². The first-order valence-corrected chi connectivity index (χ1v) is 7.96. The van der Waals surface area contributed by atoms with Crippen LogP contribution in [0.4, 0.5) is 5.69 Å². The van der Waals surface area contributed by atoms with E-state index in [1.807, 2.05) is 29.1 Å². The highest BCUT2D eigenvalue weighted by Gasteiger charge is 2.34. The highest BCUT2D eigenvalue weighted by atomic mass is 35.5. The summed E-state index contributed by atoms with van der Waals surface area (Å²) in [5.74, 6) is 0.753. The molecule has 2 saturated heterocycles. The van der Waals surface area contributed by atoms with Crippen LogP contribution in [0.25, 0.3) is 5.69 Å². The number of aromatic nitrogens is 2. The van der Waals surface area contributed by atoms with Crippen molar-refractivity contribution < 1.29 is 0 Å². The molecule has 3 unspecified atom stereocenters. The number of nitrogens with one attached hydrogen (secondary N) is 1. The Bertz CT molecular complexity index is 625. The van der Waals surface area contributed by atoms with Gasteiger partial charge in [-0.3, -0.25) is 0 Å². The van der Waals surface area contributed by atoms with Crippen LogP contribution in [0.1, 0.15) is 12.8 Å². The SMILES string of the molecule is Clc1cccc(NC2CCN3CCC2C3)c1-n1cccn1. The summed E-state index contributed by atoms with van der Waals surface area (Å²) in [6.07, 6.45) is 6.22. The van der Waals surface area contributed by atoms with Gasteiger partial charge in [-0.25, -0.2) is 4.68 Å². The van der Waals surface area contributed by atoms with Gasteiger partial charge in [0.05, 0.1) is 10.7 Å². The van der Waals surface area contributed by atoms with E-state index in [0.29, 0.717) is 6.04 Å². The molecule has 2 fully saturated rings. The normalized spacial score (nSPS) is 27.8. The summed E-state index contributed by atoms with van der Waals surface area (Å²) >= 11 is 6.41. The molecule has 1 aromatic heterocycles. The summed E-state index contributed by atoms with van der Waals surface area (Å²) < 4.78 is 1.84. The Balaban J connectivity index is 1.64. The number of piperidine rings is 1. The third kappa shape index (κ3) is 2.43. The molecule has 21 heavy (non-hydrogen) atoms. The molecule has 0 amide bonds. The monoisotopic (exact) mass is 302 g/mol. The molecular weight excluding hydrogens is 284 g/mol. The fourth-order valence-electron chi connectivity index (χ4n) is 3.61. The van der Waals surface area contributed by atoms with Gasteiger partial charge in [0.15, 0.2) is 0 Å². The maximum Gasteiger partial charge on any atom is 0.106 e. The van der Waals surface area contributed by atoms with E-state index in [9.17, 15) is 0 Å². The van der Waals surface area contributed by atoms with Crippen molar-refractivity contribution in [1.29, 1.82) is 0 Å². The number of halogens is 1. The Morgan fingerprint density at radius 2 is 2.10 bits per heavy atom. The summed E-state index contributed by atoms with van der Waals surface area (Å²) in [5.41, 5.74) is 2.03. The minimum absolute atomic E-state index is 0.538. The first-order chi connectivity index (χ1) is 10.3. The third-order valence-corrected chi connectivity index (χ3v) is 5.00. The van der Waals surface area contributed by atoms with Gasteiger partial charge in [-0.1, -0.05) is 17.7 Å². The third-order valence-electron chi connectivity index (χ3n) is 4.70. The zero-order chi connectivity index (χ0) is 14.2. The van der Waals surface area contributed by atoms with Gasteiger partial charge in [-0.2, -0.15) is 5.10 Å². The molecule has 2 aromatic rings. The van der Waals surface area contributed by atoms with Gasteiger partial charge in [0.2, 0.25) is 0 Å². The molecule has 3 atom stereocenters. The molecule has 1 N–H and O–H groups in total. The topological polar surface area (TPSA) is 33.1 Å². The summed E-state index contributed by atoms with van der Waals surface area (Å²) in [7, 11) is 0. The van der Waals surface area contributed by atoms with E-state index in [1.54, 1.807) is 6.20 Å². The summed E-state index contributed by atoms with van der Waals surface area (Å²) in [5, 5.41) is 8.80. The van der Waals surface area contributed by atoms with E-state index in [4.69, 9.17) is 11.6 Å². The van der Waals surface area contributed by atoms with Crippen molar-refractivity contribution >= 4 is 17.3 Å². The molecule has 2 aliphatic rings. The largest absolute Gasteiger partial charge is 0.380 e. The summed E-state index contributed by atoms with van der Waals surface area (Å²) in [6, 6.07) is 8.48. The number of hydrogen-bond donors (Lipinski definition) is 1. The molecule has 1 aromatic carbocycles. The van der Waals surface area contributed by atoms with Gasteiger partial charge in [-0.05, 0) is 43.5 Å². The van der Waals surface area contributed by atoms with E-state index in [2.05, 4.69) is 21.4 Å². The van der Waals surface area contributed by atoms with Crippen molar-refractivity contribution in [2.75, 3.05) is 25.0 Å². The van der Waals surface area contributed by atoms with E-state index < -0.39 is 0 Å². The smallest absolute Gasteiger partial charge is 0.106 e. The van der Waals surface area contributed by atoms with Crippen LogP contribution in [-0.4, -0.2) is 40.4 Å². The van der Waals surface area contributed by atoms with E-state index in [-0.39, 0.29) is 0 Å². The van der Waals surface area contributed by atoms with E-state index in [1.165, 1.54) is 32.5 Å². The average Bonchev–Trinajstić information content (AvgIpc) is 3.12. The Morgan fingerprint density at radius 1 is 1.19 bits per heavy atom. The second-order valence-corrected chi connectivity index (χ2v) is 6.38. The maximum absolute atomic E-state index is 6.41. The fourth-order valence-corrected chi connectivity index (χ4v) is 3.87. The summed E-state index contributed by atoms with van der Waals surface area (Å²) in [6.45, 7) is 3.69. The molecule has 0 spiro atoms. The number of anilines is 1. The highest BCUT2D eigenvalue weighted by Crippen LogP contribution is 2.33. The second-order valence-electron chi connectivity index (χ2n) is 5.98. The maximum atomic E-state index is 6.41. The predicted octanol–water partition coefficient (Wildman–Crippen LogP) is 3.03. The summed E-state index contributed by atoms with van der Waals surface area (Å²) in [4.78, 5) is 2.56. The minimum Gasteiger partial charge on any atom is -0.380 e. The average molecular weight is 303 g/mol. The van der Waals surface area contributed by atoms with E-state index >= 15 is 0 Å². The van der Waals surface area contributed by atoms with Crippen molar-refractivity contribution in [2.45, 2.75) is 18.9 Å². The fraction of sp³-hybridized carbons (Fsp3) is 0.438. The molecule has 0 radical (unpaired) electrons. The molecule has 5 heteroatoms. The molecule has 110 valence electrons. The van der Waals surface area contributed by atoms with E-state index in [0.717, 1.165) is 22.3 Å². The first kappa shape index (κ1) is 13.2. The van der Waals surface area contributed by atoms with Crippen LogP contribution in [0, 0.1) is 5.92 Å². The Hall–Kier alpha value is -1.52. The zero-order valence-corrected chi connectivity index (χ0v) is 12.6. The van der Waals surface area contributed by atoms with Crippen LogP contribution in [0.2, 0.25) is 5.02 Å². The molecule has 0 saturated carbocycles. The predicted molar refractivity (Wildman–Crippen MR) is 85.1 cm³/mol. The lowest BCUT2D eigenvalue weighted by Gasteiger charge is -2.32. The van der Waals surface area contributed by atoms with Crippen molar-refractivity contribution in [1.82, 2.24) is 14.7 Å². The number of fused-ring (bicyclic) bond motifs is 2. The number of nitrogens with zero attached hydrogens (tertiary/aromatic N) is 3. The molecule has 2 aliphatic heterocycles. The van der Waals surface area contributed by atoms with Gasteiger partial charge in [0.25, 0.3) is 0 Å². The number of hydrogen-bond acceptors (Lipinski definition) is 3. The number of para-hydroxylation sites is 1. The Kier molecular flexibility index (Phi) is 3.36. The Morgan fingerprint density at radius 3 is 2.95 bits per heavy atom. The molecule has 4 rings (SSSR count). The van der Waals surface area contributed by atoms with Crippen molar-refractivity contribution in [3.05, 3.63) is 41.7 Å². The van der Waals surface area contributed by atoms with Crippen molar-refractivity contribution in [3.8, 4) is 5.69 Å². The Labute approximate surface area is 129 Å². The van der Waals surface area contributed by atoms with Gasteiger partial charge >= 0.3 is 0 Å². The zero-order valence-electron chi connectivity index (χ0n) is 11.9. The lowest BCUT2D eigenvalue weighted by atomic mass is 9.94. The van der Waals surface area contributed by atoms with Crippen LogP contribution in [0.3, 0.4) is 0 Å². The van der Waals surface area contributed by atoms with Crippen molar-refractivity contribution in [2.24, 2.45) is 5.92 Å². The lowest BCUT2D eigenvalue weighted by Crippen LogP contribution is -2.39. The molecule has 2 bridgehead atoms. The van der Waals surface area contributed by atoms with Gasteiger partial charge < -0.3 is 10.2 Å². The van der Waals surface area contributed by atoms with Gasteiger partial charge in [0.1, 0.15) is 5.69 Å². The van der Waals surface area contributed by atoms with Crippen LogP contribution >= 0.6 is 11.6 Å². The standard InChI is InChI=1S/C16H19ClN4/c17-13-3-1-4-15(16(13)21-8-2-7-18-21)19-14-6-10-20-9-5-12(14)11-20/h1-4,7-8,12,14,19H,5-6,9-11H2.